The van der Waals surface area contributed by atoms with Crippen LogP contribution in [0.2, 0.25) is 5.02 Å². The Morgan fingerprint density at radius 2 is 2.18 bits per heavy atom. The van der Waals surface area contributed by atoms with Gasteiger partial charge >= 0.3 is 0 Å². The van der Waals surface area contributed by atoms with Gasteiger partial charge < -0.3 is 19.7 Å². The molecule has 0 saturated heterocycles. The van der Waals surface area contributed by atoms with E-state index in [1.807, 2.05) is 25.1 Å². The minimum Gasteiger partial charge on any atom is -0.394 e. The van der Waals surface area contributed by atoms with Crippen molar-refractivity contribution in [3.8, 4) is 11.4 Å². The number of carbonyl (C=O) groups is 1. The van der Waals surface area contributed by atoms with Gasteiger partial charge in [-0.25, -0.2) is 4.52 Å². The second-order valence-electron chi connectivity index (χ2n) is 8.06. The van der Waals surface area contributed by atoms with Gasteiger partial charge in [0, 0.05) is 23.4 Å². The van der Waals surface area contributed by atoms with Crippen molar-refractivity contribution < 1.29 is 19.2 Å². The second-order valence-corrected chi connectivity index (χ2v) is 8.50. The summed E-state index contributed by atoms with van der Waals surface area (Å²) >= 11 is 6.00. The first-order valence-corrected chi connectivity index (χ1v) is 11.0. The van der Waals surface area contributed by atoms with Crippen molar-refractivity contribution in [3.63, 3.8) is 0 Å². The third kappa shape index (κ3) is 4.35. The summed E-state index contributed by atoms with van der Waals surface area (Å²) in [5, 5.41) is 20.7. The Bertz CT molecular complexity index is 1310. The average molecular weight is 468 g/mol. The number of ether oxygens (including phenoxy) is 1. The van der Waals surface area contributed by atoms with Gasteiger partial charge in [-0.15, -0.1) is 0 Å². The zero-order valence-electron chi connectivity index (χ0n) is 17.9. The predicted molar refractivity (Wildman–Crippen MR) is 121 cm³/mol. The van der Waals surface area contributed by atoms with Gasteiger partial charge in [0.25, 0.3) is 5.91 Å². The molecule has 2 N–H and O–H groups in total. The number of carbonyl (C=O) groups excluding carboxylic acids is 1. The van der Waals surface area contributed by atoms with Gasteiger partial charge in [-0.3, -0.25) is 4.79 Å². The van der Waals surface area contributed by atoms with Gasteiger partial charge in [0.15, 0.2) is 0 Å². The zero-order chi connectivity index (χ0) is 22.9. The number of aliphatic hydroxyl groups is 1. The monoisotopic (exact) mass is 467 g/mol. The van der Waals surface area contributed by atoms with Gasteiger partial charge in [0.2, 0.25) is 11.7 Å². The summed E-state index contributed by atoms with van der Waals surface area (Å²) in [6.45, 7) is 2.27. The molecule has 1 aliphatic rings. The minimum atomic E-state index is -0.273. The molecule has 0 aliphatic heterocycles. The van der Waals surface area contributed by atoms with Crippen LogP contribution < -0.4 is 5.32 Å². The smallest absolute Gasteiger partial charge is 0.259 e. The molecule has 0 bridgehead atoms. The fraction of sp³-hybridized carbons (Fsp3) is 0.304. The molecular formula is C23H22ClN5O4. The van der Waals surface area contributed by atoms with Crippen LogP contribution in [0.1, 0.15) is 40.6 Å². The highest BCUT2D eigenvalue weighted by Gasteiger charge is 2.35. The number of rotatable bonds is 7. The van der Waals surface area contributed by atoms with Crippen LogP contribution in [0, 0.1) is 6.92 Å². The van der Waals surface area contributed by atoms with Crippen LogP contribution in [0.4, 0.5) is 5.69 Å². The first kappa shape index (κ1) is 21.6. The number of benzene rings is 1. The first-order chi connectivity index (χ1) is 16.0. The van der Waals surface area contributed by atoms with Crippen LogP contribution in [0.25, 0.3) is 16.9 Å². The Morgan fingerprint density at radius 1 is 1.33 bits per heavy atom. The van der Waals surface area contributed by atoms with Crippen molar-refractivity contribution in [1.29, 1.82) is 0 Å². The van der Waals surface area contributed by atoms with Gasteiger partial charge in [-0.1, -0.05) is 28.9 Å². The molecule has 33 heavy (non-hydrogen) atoms. The van der Waals surface area contributed by atoms with E-state index >= 15 is 0 Å². The lowest BCUT2D eigenvalue weighted by atomic mass is 9.82. The van der Waals surface area contributed by atoms with E-state index in [0.29, 0.717) is 40.1 Å². The van der Waals surface area contributed by atoms with E-state index in [1.54, 1.807) is 22.8 Å². The van der Waals surface area contributed by atoms with E-state index in [0.717, 1.165) is 24.0 Å². The summed E-state index contributed by atoms with van der Waals surface area (Å²) < 4.78 is 12.5. The number of hydrogen-bond acceptors (Lipinski definition) is 7. The quantitative estimate of drug-likeness (QED) is 0.424. The van der Waals surface area contributed by atoms with Crippen LogP contribution in [0.3, 0.4) is 0 Å². The van der Waals surface area contributed by atoms with Crippen LogP contribution in [0.15, 0.2) is 47.2 Å². The van der Waals surface area contributed by atoms with E-state index in [1.165, 1.54) is 6.20 Å². The van der Waals surface area contributed by atoms with Gasteiger partial charge in [0.1, 0.15) is 0 Å². The molecule has 9 nitrogen and oxygen atoms in total. The topological polar surface area (TPSA) is 115 Å². The number of aliphatic hydroxyl groups excluding tert-OH is 1. The molecule has 10 heteroatoms. The number of anilines is 1. The molecule has 5 rings (SSSR count). The van der Waals surface area contributed by atoms with Gasteiger partial charge in [-0.2, -0.15) is 10.1 Å². The van der Waals surface area contributed by atoms with Crippen molar-refractivity contribution in [3.05, 3.63) is 64.8 Å². The number of nitrogens with zero attached hydrogens (tertiary/aromatic N) is 4. The Balaban J connectivity index is 1.32. The van der Waals surface area contributed by atoms with E-state index in [2.05, 4.69) is 20.6 Å². The highest BCUT2D eigenvalue weighted by molar-refractivity contribution is 6.30. The fourth-order valence-corrected chi connectivity index (χ4v) is 4.02. The second kappa shape index (κ2) is 8.93. The number of aromatic nitrogens is 4. The Kier molecular flexibility index (Phi) is 5.84. The molecule has 3 aromatic heterocycles. The lowest BCUT2D eigenvalue weighted by molar-refractivity contribution is -0.0297. The Morgan fingerprint density at radius 3 is 3.00 bits per heavy atom. The number of hydrogen-bond donors (Lipinski definition) is 2. The largest absolute Gasteiger partial charge is 0.394 e. The molecule has 0 atom stereocenters. The van der Waals surface area contributed by atoms with E-state index in [4.69, 9.17) is 26.0 Å². The summed E-state index contributed by atoms with van der Waals surface area (Å²) in [6.07, 6.45) is 4.87. The lowest BCUT2D eigenvalue weighted by Gasteiger charge is -2.32. The summed E-state index contributed by atoms with van der Waals surface area (Å²) in [6, 6.07) is 9.11. The lowest BCUT2D eigenvalue weighted by Crippen LogP contribution is -2.30. The molecule has 4 aromatic rings. The molecule has 1 fully saturated rings. The molecule has 3 heterocycles. The van der Waals surface area contributed by atoms with Crippen molar-refractivity contribution in [2.45, 2.75) is 31.8 Å². The summed E-state index contributed by atoms with van der Waals surface area (Å²) in [5.74, 6) is 0.921. The molecule has 170 valence electrons. The van der Waals surface area contributed by atoms with E-state index in [-0.39, 0.29) is 24.5 Å². The fourth-order valence-electron chi connectivity index (χ4n) is 3.86. The molecule has 1 aliphatic carbocycles. The summed E-state index contributed by atoms with van der Waals surface area (Å²) in [7, 11) is 0. The maximum atomic E-state index is 12.9. The molecule has 0 unspecified atom stereocenters. The highest BCUT2D eigenvalue weighted by atomic mass is 35.5. The van der Waals surface area contributed by atoms with Gasteiger partial charge in [0.05, 0.1) is 41.6 Å². The molecule has 0 spiro atoms. The predicted octanol–water partition coefficient (Wildman–Crippen LogP) is 3.85. The number of pyridine rings is 1. The minimum absolute atomic E-state index is 0.0178. The van der Waals surface area contributed by atoms with Crippen LogP contribution in [-0.2, 0) is 4.74 Å². The molecular weight excluding hydrogens is 446 g/mol. The van der Waals surface area contributed by atoms with Crippen molar-refractivity contribution in [2.24, 2.45) is 0 Å². The molecule has 0 radical (unpaired) electrons. The number of aryl methyl sites for hydroxylation is 1. The average Bonchev–Trinajstić information content (AvgIpc) is 3.41. The third-order valence-corrected chi connectivity index (χ3v) is 6.02. The highest BCUT2D eigenvalue weighted by Crippen LogP contribution is 2.38. The number of nitrogens with one attached hydrogen (secondary N) is 1. The SMILES string of the molecule is Cc1ccc(-c2noc(C3CC(OCCO)C3)n2)cc1NC(=O)c1cnn2cc(Cl)ccc12. The Hall–Kier alpha value is -3.27. The first-order valence-electron chi connectivity index (χ1n) is 10.6. The third-order valence-electron chi connectivity index (χ3n) is 5.80. The van der Waals surface area contributed by atoms with E-state index in [9.17, 15) is 4.79 Å². The van der Waals surface area contributed by atoms with Crippen molar-refractivity contribution in [1.82, 2.24) is 19.8 Å². The number of amides is 1. The zero-order valence-corrected chi connectivity index (χ0v) is 18.6. The maximum Gasteiger partial charge on any atom is 0.259 e. The summed E-state index contributed by atoms with van der Waals surface area (Å²) in [4.78, 5) is 17.5. The number of halogens is 1. The van der Waals surface area contributed by atoms with E-state index < -0.39 is 0 Å². The standard InChI is InChI=1S/C23H22ClN5O4/c1-13-2-3-14(21-27-23(33-28-21)15-8-17(9-15)32-7-6-30)10-19(13)26-22(31)18-11-25-29-12-16(24)4-5-20(18)29/h2-5,10-12,15,17,30H,6-9H2,1H3,(H,26,31). The maximum absolute atomic E-state index is 12.9. The normalized spacial score (nSPS) is 17.8. The van der Waals surface area contributed by atoms with Gasteiger partial charge in [-0.05, 0) is 43.5 Å². The van der Waals surface area contributed by atoms with Crippen molar-refractivity contribution in [2.75, 3.05) is 18.5 Å². The van der Waals surface area contributed by atoms with Crippen molar-refractivity contribution >= 4 is 28.7 Å². The van der Waals surface area contributed by atoms with Crippen LogP contribution in [-0.4, -0.2) is 50.1 Å². The Labute approximate surface area is 194 Å². The molecule has 1 amide bonds. The summed E-state index contributed by atoms with van der Waals surface area (Å²) in [5.41, 5.74) is 3.40. The molecule has 1 aromatic carbocycles. The number of fused-ring (bicyclic) bond motifs is 1. The molecule has 1 saturated carbocycles. The van der Waals surface area contributed by atoms with Crippen LogP contribution >= 0.6 is 11.6 Å². The van der Waals surface area contributed by atoms with Crippen LogP contribution in [0.5, 0.6) is 0 Å².